The first kappa shape index (κ1) is 27.7. The van der Waals surface area contributed by atoms with Crippen molar-refractivity contribution >= 4 is 23.5 Å². The minimum atomic E-state index is -0.773. The second kappa shape index (κ2) is 14.2. The summed E-state index contributed by atoms with van der Waals surface area (Å²) in [5, 5.41) is 17.9. The number of ketones is 2. The first-order valence-corrected chi connectivity index (χ1v) is 7.16. The maximum absolute atomic E-state index is 11.0. The van der Waals surface area contributed by atoms with E-state index in [0.29, 0.717) is 0 Å². The van der Waals surface area contributed by atoms with Gasteiger partial charge in [-0.15, -0.1) is 0 Å². The van der Waals surface area contributed by atoms with Crippen LogP contribution in [0.3, 0.4) is 0 Å². The van der Waals surface area contributed by atoms with Gasteiger partial charge in [-0.1, -0.05) is 0 Å². The maximum atomic E-state index is 11.0. The predicted molar refractivity (Wildman–Crippen MR) is 85.3 cm³/mol. The summed E-state index contributed by atoms with van der Waals surface area (Å²) in [5.74, 6) is -3.14. The van der Waals surface area contributed by atoms with Crippen LogP contribution < -0.4 is 0 Å². The smallest absolute Gasteiger partial charge is 0.345 e. The zero-order valence-corrected chi connectivity index (χ0v) is 16.1. The van der Waals surface area contributed by atoms with Gasteiger partial charge in [0.2, 0.25) is 0 Å². The van der Waals surface area contributed by atoms with Gasteiger partial charge in [0.05, 0.1) is 13.2 Å². The first-order valence-electron chi connectivity index (χ1n) is 7.16. The summed E-state index contributed by atoms with van der Waals surface area (Å²) in [4.78, 5) is 43.5. The summed E-state index contributed by atoms with van der Waals surface area (Å²) >= 11 is 0. The molecular weight excluding hydrogens is 379 g/mol. The van der Waals surface area contributed by atoms with E-state index in [4.69, 9.17) is 10.2 Å². The van der Waals surface area contributed by atoms with Crippen LogP contribution in [0.25, 0.3) is 0 Å². The SMILES string of the molecule is CCOC(=O)/C(C(C)=O)=C(\C)O.CCOC(=O)/C(C(C)=O)=C(\C)O.[Co]. The summed E-state index contributed by atoms with van der Waals surface area (Å²) in [6, 6.07) is 0. The summed E-state index contributed by atoms with van der Waals surface area (Å²) < 4.78 is 9.10. The molecule has 1 radical (unpaired) electrons. The van der Waals surface area contributed by atoms with Crippen LogP contribution in [-0.4, -0.2) is 46.9 Å². The van der Waals surface area contributed by atoms with Gasteiger partial charge in [0.1, 0.15) is 22.7 Å². The molecule has 0 aliphatic rings. The van der Waals surface area contributed by atoms with Gasteiger partial charge in [0.25, 0.3) is 0 Å². The predicted octanol–water partition coefficient (Wildman–Crippen LogP) is 1.94. The molecule has 0 rings (SSSR count). The van der Waals surface area contributed by atoms with Gasteiger partial charge in [0, 0.05) is 16.8 Å². The number of aliphatic hydroxyl groups excluding tert-OH is 2. The van der Waals surface area contributed by atoms with Crippen molar-refractivity contribution in [3.05, 3.63) is 22.7 Å². The molecule has 0 saturated carbocycles. The molecule has 0 aromatic heterocycles. The second-order valence-electron chi connectivity index (χ2n) is 4.47. The van der Waals surface area contributed by atoms with Crippen LogP contribution >= 0.6 is 0 Å². The molecular formula is C16H24CoO8. The van der Waals surface area contributed by atoms with Crippen LogP contribution in [0.5, 0.6) is 0 Å². The summed E-state index contributed by atoms with van der Waals surface area (Å²) in [6.07, 6.45) is 0. The third-order valence-electron chi connectivity index (χ3n) is 2.39. The molecule has 0 spiro atoms. The summed E-state index contributed by atoms with van der Waals surface area (Å²) in [6.45, 7) is 8.57. The monoisotopic (exact) mass is 403 g/mol. The van der Waals surface area contributed by atoms with Crippen LogP contribution in [0, 0.1) is 0 Å². The number of hydrogen-bond acceptors (Lipinski definition) is 8. The van der Waals surface area contributed by atoms with E-state index >= 15 is 0 Å². The Balaban J connectivity index is -0.000000372. The normalized spacial score (nSPS) is 11.4. The van der Waals surface area contributed by atoms with Crippen molar-refractivity contribution in [2.45, 2.75) is 41.5 Å². The van der Waals surface area contributed by atoms with Crippen LogP contribution in [0.4, 0.5) is 0 Å². The van der Waals surface area contributed by atoms with Crippen molar-refractivity contribution in [3.8, 4) is 0 Å². The number of ether oxygens (including phenoxy) is 2. The standard InChI is InChI=1S/2C8H12O4.Co/c2*1-4-12-8(11)7(5(2)9)6(3)10;/h2*9H,4H2,1-3H3;/b2*7-5+;. The Bertz CT molecular complexity index is 502. The van der Waals surface area contributed by atoms with Crippen LogP contribution in [0.2, 0.25) is 0 Å². The Morgan fingerprint density at radius 3 is 1.04 bits per heavy atom. The zero-order chi connectivity index (χ0) is 19.4. The third kappa shape index (κ3) is 11.1. The molecule has 9 heteroatoms. The van der Waals surface area contributed by atoms with Gasteiger partial charge < -0.3 is 19.7 Å². The van der Waals surface area contributed by atoms with Crippen molar-refractivity contribution in [2.24, 2.45) is 0 Å². The van der Waals surface area contributed by atoms with Gasteiger partial charge in [-0.3, -0.25) is 9.59 Å². The van der Waals surface area contributed by atoms with E-state index in [1.165, 1.54) is 27.7 Å². The van der Waals surface area contributed by atoms with E-state index in [-0.39, 0.29) is 52.7 Å². The Kier molecular flexibility index (Phi) is 15.8. The fraction of sp³-hybridized carbons (Fsp3) is 0.500. The zero-order valence-electron chi connectivity index (χ0n) is 15.1. The van der Waals surface area contributed by atoms with E-state index in [0.717, 1.165) is 0 Å². The van der Waals surface area contributed by atoms with Gasteiger partial charge in [-0.25, -0.2) is 9.59 Å². The van der Waals surface area contributed by atoms with Crippen LogP contribution in [0.15, 0.2) is 22.7 Å². The van der Waals surface area contributed by atoms with Crippen molar-refractivity contribution < 1.29 is 55.6 Å². The average Bonchev–Trinajstić information content (AvgIpc) is 2.37. The second-order valence-corrected chi connectivity index (χ2v) is 4.47. The molecule has 8 nitrogen and oxygen atoms in total. The molecule has 0 atom stereocenters. The van der Waals surface area contributed by atoms with E-state index in [1.54, 1.807) is 13.8 Å². The Morgan fingerprint density at radius 2 is 0.920 bits per heavy atom. The Labute approximate surface area is 157 Å². The molecule has 0 saturated heterocycles. The Morgan fingerprint density at radius 1 is 0.680 bits per heavy atom. The quantitative estimate of drug-likeness (QED) is 0.226. The Hall–Kier alpha value is -2.13. The number of esters is 2. The number of carbonyl (C=O) groups excluding carboxylic acids is 4. The molecule has 2 N–H and O–H groups in total. The van der Waals surface area contributed by atoms with Crippen LogP contribution in [-0.2, 0) is 45.4 Å². The van der Waals surface area contributed by atoms with Gasteiger partial charge in [-0.2, -0.15) is 0 Å². The number of hydrogen-bond donors (Lipinski definition) is 2. The number of rotatable bonds is 6. The minimum absolute atomic E-state index is 0. The molecule has 0 aromatic carbocycles. The molecule has 0 fully saturated rings. The number of allylic oxidation sites excluding steroid dienone is 2. The minimum Gasteiger partial charge on any atom is -0.512 e. The maximum Gasteiger partial charge on any atom is 0.345 e. The van der Waals surface area contributed by atoms with E-state index in [2.05, 4.69) is 9.47 Å². The average molecular weight is 403 g/mol. The number of Topliss-reactive ketones (excluding diaryl/α,β-unsaturated/α-hetero) is 2. The summed E-state index contributed by atoms with van der Waals surface area (Å²) in [7, 11) is 0. The van der Waals surface area contributed by atoms with E-state index < -0.39 is 23.5 Å². The molecule has 0 aliphatic carbocycles. The van der Waals surface area contributed by atoms with Crippen molar-refractivity contribution in [2.75, 3.05) is 13.2 Å². The number of carbonyl (C=O) groups is 4. The fourth-order valence-electron chi connectivity index (χ4n) is 1.50. The molecule has 0 amide bonds. The van der Waals surface area contributed by atoms with Crippen molar-refractivity contribution in [3.63, 3.8) is 0 Å². The molecule has 0 bridgehead atoms. The summed E-state index contributed by atoms with van der Waals surface area (Å²) in [5.41, 5.74) is -0.561. The molecule has 145 valence electrons. The third-order valence-corrected chi connectivity index (χ3v) is 2.39. The van der Waals surface area contributed by atoms with Gasteiger partial charge >= 0.3 is 11.9 Å². The molecule has 0 unspecified atom stereocenters. The fourth-order valence-corrected chi connectivity index (χ4v) is 1.50. The molecule has 0 aliphatic heterocycles. The molecule has 25 heavy (non-hydrogen) atoms. The largest absolute Gasteiger partial charge is 0.512 e. The van der Waals surface area contributed by atoms with Crippen LogP contribution in [0.1, 0.15) is 41.5 Å². The molecule has 0 aromatic rings. The van der Waals surface area contributed by atoms with Gasteiger partial charge in [-0.05, 0) is 41.5 Å². The van der Waals surface area contributed by atoms with Crippen molar-refractivity contribution in [1.29, 1.82) is 0 Å². The topological polar surface area (TPSA) is 127 Å². The van der Waals surface area contributed by atoms with E-state index in [1.807, 2.05) is 0 Å². The van der Waals surface area contributed by atoms with Gasteiger partial charge in [0.15, 0.2) is 11.6 Å². The van der Waals surface area contributed by atoms with Crippen molar-refractivity contribution in [1.82, 2.24) is 0 Å². The molecule has 0 heterocycles. The van der Waals surface area contributed by atoms with E-state index in [9.17, 15) is 19.2 Å². The first-order chi connectivity index (χ1) is 11.0. The number of aliphatic hydroxyl groups is 2.